The molecular weight excluding hydrogens is 315 g/mol. The molecule has 0 spiro atoms. The molecule has 0 saturated carbocycles. The van der Waals surface area contributed by atoms with Crippen molar-refractivity contribution in [3.63, 3.8) is 0 Å². The highest BCUT2D eigenvalue weighted by atomic mass is 35.5. The summed E-state index contributed by atoms with van der Waals surface area (Å²) in [6.07, 6.45) is 2.25. The molecule has 2 N–H and O–H groups in total. The maximum atomic E-state index is 12.6. The van der Waals surface area contributed by atoms with Crippen LogP contribution in [-0.2, 0) is 0 Å². The molecule has 21 heavy (non-hydrogen) atoms. The quantitative estimate of drug-likeness (QED) is 0.884. The van der Waals surface area contributed by atoms with Crippen LogP contribution in [0.5, 0.6) is 0 Å². The van der Waals surface area contributed by atoms with E-state index in [1.54, 1.807) is 23.1 Å². The van der Waals surface area contributed by atoms with Gasteiger partial charge >= 0.3 is 0 Å². The Morgan fingerprint density at radius 3 is 2.86 bits per heavy atom. The van der Waals surface area contributed by atoms with Crippen LogP contribution in [0.2, 0.25) is 5.02 Å². The van der Waals surface area contributed by atoms with Gasteiger partial charge in [0.25, 0.3) is 5.91 Å². The molecule has 1 atom stereocenters. The van der Waals surface area contributed by atoms with Gasteiger partial charge in [-0.2, -0.15) is 4.68 Å². The van der Waals surface area contributed by atoms with Crippen LogP contribution in [0.4, 0.5) is 0 Å². The van der Waals surface area contributed by atoms with Gasteiger partial charge in [-0.05, 0) is 35.0 Å². The summed E-state index contributed by atoms with van der Waals surface area (Å²) in [6, 6.07) is 5.09. The minimum atomic E-state index is -0.106. The number of rotatable bonds is 2. The molecule has 1 aromatic carbocycles. The van der Waals surface area contributed by atoms with E-state index in [1.165, 1.54) is 11.0 Å². The highest BCUT2D eigenvalue weighted by Gasteiger charge is 2.26. The number of tetrazole rings is 1. The van der Waals surface area contributed by atoms with Crippen LogP contribution in [0, 0.1) is 0 Å². The van der Waals surface area contributed by atoms with Crippen molar-refractivity contribution in [1.82, 2.24) is 25.1 Å². The van der Waals surface area contributed by atoms with E-state index in [0.29, 0.717) is 29.4 Å². The van der Waals surface area contributed by atoms with Crippen LogP contribution >= 0.6 is 24.0 Å². The normalized spacial score (nSPS) is 17.6. The predicted octanol–water partition coefficient (Wildman–Crippen LogP) is 0.911. The summed E-state index contributed by atoms with van der Waals surface area (Å²) >= 11 is 6.00. The van der Waals surface area contributed by atoms with E-state index in [9.17, 15) is 4.79 Å². The third-order valence-corrected chi connectivity index (χ3v) is 3.53. The Balaban J connectivity index is 0.00000161. The third kappa shape index (κ3) is 3.15. The molecule has 1 fully saturated rings. The molecule has 1 aliphatic rings. The monoisotopic (exact) mass is 328 g/mol. The van der Waals surface area contributed by atoms with Crippen molar-refractivity contribution in [2.24, 2.45) is 5.73 Å². The van der Waals surface area contributed by atoms with Crippen LogP contribution < -0.4 is 5.73 Å². The Bertz CT molecular complexity index is 633. The van der Waals surface area contributed by atoms with E-state index < -0.39 is 0 Å². The minimum Gasteiger partial charge on any atom is -0.337 e. The molecule has 1 aromatic heterocycles. The van der Waals surface area contributed by atoms with E-state index >= 15 is 0 Å². The van der Waals surface area contributed by atoms with Gasteiger partial charge in [0.05, 0.1) is 11.3 Å². The molecule has 3 rings (SSSR count). The number of carbonyl (C=O) groups is 1. The lowest BCUT2D eigenvalue weighted by Gasteiger charge is -2.18. The van der Waals surface area contributed by atoms with Crippen LogP contribution in [0.1, 0.15) is 16.8 Å². The number of amides is 1. The number of nitrogens with two attached hydrogens (primary N) is 1. The Morgan fingerprint density at radius 1 is 1.43 bits per heavy atom. The van der Waals surface area contributed by atoms with Gasteiger partial charge in [-0.3, -0.25) is 4.79 Å². The lowest BCUT2D eigenvalue weighted by Crippen LogP contribution is -2.32. The minimum absolute atomic E-state index is 0. The molecule has 1 aliphatic heterocycles. The summed E-state index contributed by atoms with van der Waals surface area (Å²) in [5.74, 6) is -0.106. The fraction of sp³-hybridized carbons (Fsp3) is 0.333. The van der Waals surface area contributed by atoms with Crippen LogP contribution in [0.25, 0.3) is 5.69 Å². The number of likely N-dealkylation sites (tertiary alicyclic amines) is 1. The Kier molecular flexibility index (Phi) is 4.76. The zero-order valence-electron chi connectivity index (χ0n) is 11.0. The lowest BCUT2D eigenvalue weighted by atomic mass is 10.1. The third-order valence-electron chi connectivity index (χ3n) is 3.30. The Labute approximate surface area is 132 Å². The SMILES string of the molecule is Cl.N[C@@H]1CCN(C(=O)c2cc(Cl)ccc2-n2cnnn2)C1. The second-order valence-electron chi connectivity index (χ2n) is 4.72. The zero-order chi connectivity index (χ0) is 14.1. The lowest BCUT2D eigenvalue weighted by molar-refractivity contribution is 0.0790. The molecule has 1 amide bonds. The summed E-state index contributed by atoms with van der Waals surface area (Å²) in [7, 11) is 0. The second kappa shape index (κ2) is 6.38. The van der Waals surface area contributed by atoms with Gasteiger partial charge in [0, 0.05) is 24.2 Å². The number of aromatic nitrogens is 4. The largest absolute Gasteiger partial charge is 0.337 e. The molecule has 9 heteroatoms. The van der Waals surface area contributed by atoms with Crippen molar-refractivity contribution in [3.05, 3.63) is 35.1 Å². The van der Waals surface area contributed by atoms with Crippen molar-refractivity contribution < 1.29 is 4.79 Å². The molecule has 0 unspecified atom stereocenters. The van der Waals surface area contributed by atoms with Crippen molar-refractivity contribution in [1.29, 1.82) is 0 Å². The number of benzene rings is 1. The van der Waals surface area contributed by atoms with Gasteiger partial charge in [0.1, 0.15) is 6.33 Å². The number of hydrogen-bond acceptors (Lipinski definition) is 5. The molecule has 0 bridgehead atoms. The number of carbonyl (C=O) groups excluding carboxylic acids is 1. The van der Waals surface area contributed by atoms with Crippen LogP contribution in [0.15, 0.2) is 24.5 Å². The first-order chi connectivity index (χ1) is 9.65. The molecular formula is C12H14Cl2N6O. The molecule has 2 aromatic rings. The van der Waals surface area contributed by atoms with E-state index in [-0.39, 0.29) is 24.4 Å². The average Bonchev–Trinajstić information content (AvgIpc) is 3.09. The summed E-state index contributed by atoms with van der Waals surface area (Å²) in [5, 5.41) is 11.5. The fourth-order valence-corrected chi connectivity index (χ4v) is 2.47. The number of halogens is 2. The van der Waals surface area contributed by atoms with Crippen molar-refractivity contribution in [3.8, 4) is 5.69 Å². The summed E-state index contributed by atoms with van der Waals surface area (Å²) in [4.78, 5) is 14.3. The maximum Gasteiger partial charge on any atom is 0.256 e. The Hall–Kier alpha value is -1.70. The van der Waals surface area contributed by atoms with Gasteiger partial charge in [0.15, 0.2) is 0 Å². The molecule has 7 nitrogen and oxygen atoms in total. The van der Waals surface area contributed by atoms with Crippen molar-refractivity contribution in [2.45, 2.75) is 12.5 Å². The molecule has 1 saturated heterocycles. The molecule has 0 aliphatic carbocycles. The fourth-order valence-electron chi connectivity index (χ4n) is 2.29. The van der Waals surface area contributed by atoms with Gasteiger partial charge in [0.2, 0.25) is 0 Å². The molecule has 112 valence electrons. The summed E-state index contributed by atoms with van der Waals surface area (Å²) in [5.41, 5.74) is 6.92. The van der Waals surface area contributed by atoms with E-state index in [0.717, 1.165) is 6.42 Å². The first-order valence-corrected chi connectivity index (χ1v) is 6.61. The van der Waals surface area contributed by atoms with Crippen LogP contribution in [0.3, 0.4) is 0 Å². The topological polar surface area (TPSA) is 89.9 Å². The highest BCUT2D eigenvalue weighted by molar-refractivity contribution is 6.31. The zero-order valence-corrected chi connectivity index (χ0v) is 12.6. The first kappa shape index (κ1) is 15.7. The van der Waals surface area contributed by atoms with Crippen molar-refractivity contribution in [2.75, 3.05) is 13.1 Å². The van der Waals surface area contributed by atoms with Gasteiger partial charge in [-0.25, -0.2) is 0 Å². The van der Waals surface area contributed by atoms with Crippen molar-refractivity contribution >= 4 is 29.9 Å². The van der Waals surface area contributed by atoms with E-state index in [1.807, 2.05) is 0 Å². The first-order valence-electron chi connectivity index (χ1n) is 6.23. The predicted molar refractivity (Wildman–Crippen MR) is 79.9 cm³/mol. The molecule has 2 heterocycles. The summed E-state index contributed by atoms with van der Waals surface area (Å²) in [6.45, 7) is 1.21. The maximum absolute atomic E-state index is 12.6. The molecule has 0 radical (unpaired) electrons. The van der Waals surface area contributed by atoms with Crippen LogP contribution in [-0.4, -0.2) is 50.1 Å². The second-order valence-corrected chi connectivity index (χ2v) is 5.15. The van der Waals surface area contributed by atoms with Gasteiger partial charge in [-0.15, -0.1) is 17.5 Å². The standard InChI is InChI=1S/C12H13ClN6O.ClH/c13-8-1-2-11(19-7-15-16-17-19)10(5-8)12(20)18-4-3-9(14)6-18;/h1-2,5,7,9H,3-4,6,14H2;1H/t9-;/m1./s1. The van der Waals surface area contributed by atoms with Gasteiger partial charge in [-0.1, -0.05) is 11.6 Å². The highest BCUT2D eigenvalue weighted by Crippen LogP contribution is 2.22. The average molecular weight is 329 g/mol. The Morgan fingerprint density at radius 2 is 2.24 bits per heavy atom. The van der Waals surface area contributed by atoms with Gasteiger partial charge < -0.3 is 10.6 Å². The van der Waals surface area contributed by atoms with E-state index in [2.05, 4.69) is 15.5 Å². The smallest absolute Gasteiger partial charge is 0.256 e. The number of hydrogen-bond donors (Lipinski definition) is 1. The number of nitrogens with zero attached hydrogens (tertiary/aromatic N) is 5. The summed E-state index contributed by atoms with van der Waals surface area (Å²) < 4.78 is 1.44. The van der Waals surface area contributed by atoms with E-state index in [4.69, 9.17) is 17.3 Å².